The molecule has 0 aromatic rings. The van der Waals surface area contributed by atoms with Crippen LogP contribution in [-0.2, 0) is 0 Å². The van der Waals surface area contributed by atoms with Crippen LogP contribution in [0.5, 0.6) is 0 Å². The number of rotatable bonds is 4. The van der Waals surface area contributed by atoms with Crippen molar-refractivity contribution < 1.29 is 13.2 Å². The van der Waals surface area contributed by atoms with E-state index in [9.17, 15) is 13.2 Å². The van der Waals surface area contributed by atoms with Crippen LogP contribution in [0.1, 0.15) is 0 Å². The summed E-state index contributed by atoms with van der Waals surface area (Å²) in [6.07, 6.45) is -4.10. The standard InChI is InChI=1S/C2H2F3.3C2H6N.Sn/c1-2(3,4)5;3*1-3-2;/h1H2;3*1-2H3;/q;3*-1;+3. The van der Waals surface area contributed by atoms with Gasteiger partial charge in [0.25, 0.3) is 0 Å². The van der Waals surface area contributed by atoms with Crippen molar-refractivity contribution in [1.29, 1.82) is 0 Å². The van der Waals surface area contributed by atoms with Crippen LogP contribution in [0.4, 0.5) is 13.2 Å². The SMILES string of the molecule is C[N](C)[Sn]([CH2]C(F)(F)F)([N](C)C)[N](C)C. The molecule has 0 bridgehead atoms. The van der Waals surface area contributed by atoms with Gasteiger partial charge in [-0.15, -0.1) is 0 Å². The minimum absolute atomic E-state index is 0.686. The van der Waals surface area contributed by atoms with E-state index in [0.717, 1.165) is 0 Å². The molecule has 3 nitrogen and oxygen atoms in total. The molecule has 0 heterocycles. The molecule has 7 heteroatoms. The van der Waals surface area contributed by atoms with E-state index in [4.69, 9.17) is 0 Å². The van der Waals surface area contributed by atoms with E-state index >= 15 is 0 Å². The molecule has 0 rings (SSSR count). The Bertz CT molecular complexity index is 182. The molecule has 92 valence electrons. The number of alkyl halides is 3. The third-order valence-electron chi connectivity index (χ3n) is 2.59. The molecule has 0 aliphatic rings. The second-order valence-electron chi connectivity index (χ2n) is 4.25. The molecule has 0 saturated carbocycles. The third kappa shape index (κ3) is 3.76. The number of hydrogen-bond acceptors (Lipinski definition) is 3. The summed E-state index contributed by atoms with van der Waals surface area (Å²) in [5.41, 5.74) is 0. The Morgan fingerprint density at radius 3 is 1.13 bits per heavy atom. The van der Waals surface area contributed by atoms with Crippen molar-refractivity contribution in [1.82, 2.24) is 9.36 Å². The van der Waals surface area contributed by atoms with Crippen LogP contribution in [0, 0.1) is 0 Å². The van der Waals surface area contributed by atoms with E-state index in [1.165, 1.54) is 0 Å². The first kappa shape index (κ1) is 15.5. The van der Waals surface area contributed by atoms with Gasteiger partial charge in [0.1, 0.15) is 0 Å². The minimum atomic E-state index is -4.10. The summed E-state index contributed by atoms with van der Waals surface area (Å²) in [7, 11) is 10.4. The molecule has 0 saturated heterocycles. The molecule has 0 aromatic carbocycles. The van der Waals surface area contributed by atoms with Crippen molar-refractivity contribution in [2.24, 2.45) is 0 Å². The molecule has 0 N–H and O–H groups in total. The van der Waals surface area contributed by atoms with Gasteiger partial charge in [-0.05, 0) is 0 Å². The Labute approximate surface area is 94.8 Å². The van der Waals surface area contributed by atoms with Gasteiger partial charge in [0.15, 0.2) is 0 Å². The van der Waals surface area contributed by atoms with Crippen LogP contribution in [0.15, 0.2) is 0 Å². The molecule has 0 aromatic heterocycles. The molecule has 0 aliphatic carbocycles. The molecular formula is C8H20F3N3Sn. The van der Waals surface area contributed by atoms with Crippen LogP contribution in [0.2, 0.25) is 4.44 Å². The van der Waals surface area contributed by atoms with Crippen LogP contribution in [-0.4, -0.2) is 77.0 Å². The molecule has 0 aliphatic heterocycles. The number of nitrogens with zero attached hydrogens (tertiary/aromatic N) is 3. The topological polar surface area (TPSA) is 9.72 Å². The molecule has 0 spiro atoms. The zero-order valence-electron chi connectivity index (χ0n) is 10.2. The summed E-state index contributed by atoms with van der Waals surface area (Å²) in [5, 5.41) is 0. The predicted octanol–water partition coefficient (Wildman–Crippen LogP) is 1.17. The fraction of sp³-hybridized carbons (Fsp3) is 1.00. The Kier molecular flexibility index (Phi) is 5.36. The average Bonchev–Trinajstić information content (AvgIpc) is 1.96. The Balaban J connectivity index is 5.15. The van der Waals surface area contributed by atoms with Gasteiger partial charge in [0, 0.05) is 0 Å². The summed E-state index contributed by atoms with van der Waals surface area (Å²) >= 11 is -3.63. The fourth-order valence-corrected chi connectivity index (χ4v) is 13.0. The van der Waals surface area contributed by atoms with Gasteiger partial charge in [0.05, 0.1) is 0 Å². The summed E-state index contributed by atoms with van der Waals surface area (Å²) in [6.45, 7) is 0. The zero-order chi connectivity index (χ0) is 12.4. The first-order valence-corrected chi connectivity index (χ1v) is 10.5. The van der Waals surface area contributed by atoms with E-state index < -0.39 is 29.8 Å². The zero-order valence-corrected chi connectivity index (χ0v) is 13.0. The van der Waals surface area contributed by atoms with Gasteiger partial charge in [0.2, 0.25) is 0 Å². The van der Waals surface area contributed by atoms with Crippen LogP contribution in [0.25, 0.3) is 0 Å². The van der Waals surface area contributed by atoms with Crippen molar-refractivity contribution in [2.45, 2.75) is 10.6 Å². The Morgan fingerprint density at radius 2 is 1.07 bits per heavy atom. The number of hydrogen-bond donors (Lipinski definition) is 0. The third-order valence-corrected chi connectivity index (χ3v) is 17.3. The van der Waals surface area contributed by atoms with E-state index in [2.05, 4.69) is 0 Å². The summed E-state index contributed by atoms with van der Waals surface area (Å²) in [6, 6.07) is 0. The fourth-order valence-electron chi connectivity index (χ4n) is 1.94. The maximum absolute atomic E-state index is 12.6. The van der Waals surface area contributed by atoms with Crippen LogP contribution in [0.3, 0.4) is 0 Å². The van der Waals surface area contributed by atoms with E-state index in [1.54, 1.807) is 51.7 Å². The first-order valence-electron chi connectivity index (χ1n) is 4.63. The maximum atomic E-state index is 12.6. The molecule has 0 unspecified atom stereocenters. The van der Waals surface area contributed by atoms with Gasteiger partial charge >= 0.3 is 94.6 Å². The quantitative estimate of drug-likeness (QED) is 0.715. The molecule has 15 heavy (non-hydrogen) atoms. The van der Waals surface area contributed by atoms with Crippen LogP contribution >= 0.6 is 0 Å². The number of halogens is 3. The molecular weight excluding hydrogens is 314 g/mol. The molecule has 0 radical (unpaired) electrons. The molecule has 0 atom stereocenters. The van der Waals surface area contributed by atoms with Gasteiger partial charge in [-0.2, -0.15) is 0 Å². The Morgan fingerprint density at radius 1 is 0.800 bits per heavy atom. The van der Waals surface area contributed by atoms with E-state index in [-0.39, 0.29) is 0 Å². The van der Waals surface area contributed by atoms with E-state index in [0.29, 0.717) is 0 Å². The summed E-state index contributed by atoms with van der Waals surface area (Å²) in [5.74, 6) is 0. The molecule has 0 fully saturated rings. The molecule has 0 amide bonds. The van der Waals surface area contributed by atoms with Crippen molar-refractivity contribution >= 4 is 19.2 Å². The van der Waals surface area contributed by atoms with Crippen molar-refractivity contribution in [3.8, 4) is 0 Å². The van der Waals surface area contributed by atoms with Crippen molar-refractivity contribution in [3.63, 3.8) is 0 Å². The average molecular weight is 334 g/mol. The van der Waals surface area contributed by atoms with Gasteiger partial charge in [-0.3, -0.25) is 0 Å². The summed E-state index contributed by atoms with van der Waals surface area (Å²) < 4.78 is 42.5. The summed E-state index contributed by atoms with van der Waals surface area (Å²) in [4.78, 5) is 0. The van der Waals surface area contributed by atoms with Gasteiger partial charge < -0.3 is 0 Å². The van der Waals surface area contributed by atoms with E-state index in [1.807, 2.05) is 0 Å². The monoisotopic (exact) mass is 335 g/mol. The van der Waals surface area contributed by atoms with Gasteiger partial charge in [-0.1, -0.05) is 0 Å². The van der Waals surface area contributed by atoms with Crippen molar-refractivity contribution in [2.75, 3.05) is 42.3 Å². The second kappa shape index (κ2) is 5.20. The normalized spacial score (nSPS) is 14.4. The van der Waals surface area contributed by atoms with Crippen molar-refractivity contribution in [3.05, 3.63) is 0 Å². The van der Waals surface area contributed by atoms with Crippen LogP contribution < -0.4 is 0 Å². The van der Waals surface area contributed by atoms with Gasteiger partial charge in [-0.25, -0.2) is 0 Å². The first-order chi connectivity index (χ1) is 6.54. The Hall–Kier alpha value is 0.469. The second-order valence-corrected chi connectivity index (χ2v) is 17.3. The predicted molar refractivity (Wildman–Crippen MR) is 57.7 cm³/mol.